The Morgan fingerprint density at radius 2 is 2.19 bits per heavy atom. The van der Waals surface area contributed by atoms with Crippen molar-refractivity contribution in [2.45, 2.75) is 19.4 Å². The molecule has 0 aliphatic carbocycles. The highest BCUT2D eigenvalue weighted by Crippen LogP contribution is 2.22. The average Bonchev–Trinajstić information content (AvgIpc) is 2.74. The third-order valence-electron chi connectivity index (χ3n) is 3.80. The molecular formula is C15H15Cl2N3O. The summed E-state index contributed by atoms with van der Waals surface area (Å²) < 4.78 is 1.84. The van der Waals surface area contributed by atoms with Gasteiger partial charge in [-0.25, -0.2) is 4.98 Å². The first-order chi connectivity index (χ1) is 10.0. The van der Waals surface area contributed by atoms with Crippen molar-refractivity contribution in [3.63, 3.8) is 0 Å². The smallest absolute Gasteiger partial charge is 0.227 e. The van der Waals surface area contributed by atoms with Gasteiger partial charge in [0, 0.05) is 25.0 Å². The van der Waals surface area contributed by atoms with Crippen molar-refractivity contribution in [2.24, 2.45) is 7.05 Å². The summed E-state index contributed by atoms with van der Waals surface area (Å²) in [6.45, 7) is 1.24. The van der Waals surface area contributed by atoms with Gasteiger partial charge in [0.1, 0.15) is 0 Å². The van der Waals surface area contributed by atoms with Crippen molar-refractivity contribution in [3.05, 3.63) is 51.5 Å². The van der Waals surface area contributed by atoms with E-state index in [0.717, 1.165) is 23.4 Å². The lowest BCUT2D eigenvalue weighted by Gasteiger charge is -2.27. The lowest BCUT2D eigenvalue weighted by molar-refractivity contribution is -0.131. The van der Waals surface area contributed by atoms with Crippen LogP contribution in [0.1, 0.15) is 17.0 Å². The average molecular weight is 324 g/mol. The van der Waals surface area contributed by atoms with Crippen molar-refractivity contribution in [3.8, 4) is 0 Å². The zero-order valence-corrected chi connectivity index (χ0v) is 13.2. The molecule has 0 unspecified atom stereocenters. The number of amides is 1. The Morgan fingerprint density at radius 3 is 2.95 bits per heavy atom. The quantitative estimate of drug-likeness (QED) is 0.852. The van der Waals surface area contributed by atoms with Crippen LogP contribution in [0, 0.1) is 0 Å². The maximum Gasteiger partial charge on any atom is 0.227 e. The molecule has 1 aliphatic rings. The first-order valence-electron chi connectivity index (χ1n) is 6.77. The van der Waals surface area contributed by atoms with Crippen LogP contribution in [0.15, 0.2) is 24.3 Å². The number of nitrogens with zero attached hydrogens (tertiary/aromatic N) is 3. The zero-order valence-electron chi connectivity index (χ0n) is 11.6. The van der Waals surface area contributed by atoms with Gasteiger partial charge in [-0.3, -0.25) is 4.79 Å². The molecule has 1 aromatic carbocycles. The molecule has 6 heteroatoms. The SMILES string of the molecule is Cn1c(Cl)nc2c1CN(C(=O)Cc1cccc(Cl)c1)CC2. The van der Waals surface area contributed by atoms with Crippen LogP contribution >= 0.6 is 23.2 Å². The zero-order chi connectivity index (χ0) is 15.0. The maximum atomic E-state index is 12.4. The Morgan fingerprint density at radius 1 is 1.38 bits per heavy atom. The molecule has 0 atom stereocenters. The van der Waals surface area contributed by atoms with Crippen molar-refractivity contribution in [2.75, 3.05) is 6.54 Å². The van der Waals surface area contributed by atoms with Gasteiger partial charge in [0.05, 0.1) is 24.4 Å². The summed E-state index contributed by atoms with van der Waals surface area (Å²) in [5.41, 5.74) is 2.95. The molecule has 0 saturated carbocycles. The summed E-state index contributed by atoms with van der Waals surface area (Å²) in [5.74, 6) is 0.0974. The number of hydrogen-bond acceptors (Lipinski definition) is 2. The van der Waals surface area contributed by atoms with E-state index in [-0.39, 0.29) is 5.91 Å². The van der Waals surface area contributed by atoms with E-state index >= 15 is 0 Å². The Bertz CT molecular complexity index is 696. The minimum atomic E-state index is 0.0974. The van der Waals surface area contributed by atoms with E-state index in [2.05, 4.69) is 4.98 Å². The van der Waals surface area contributed by atoms with Crippen molar-refractivity contribution in [1.29, 1.82) is 0 Å². The summed E-state index contributed by atoms with van der Waals surface area (Å²) >= 11 is 12.0. The fourth-order valence-electron chi connectivity index (χ4n) is 2.60. The van der Waals surface area contributed by atoms with Crippen LogP contribution in [0.4, 0.5) is 0 Å². The van der Waals surface area contributed by atoms with Crippen LogP contribution in [0.5, 0.6) is 0 Å². The number of fused-ring (bicyclic) bond motifs is 1. The highest BCUT2D eigenvalue weighted by atomic mass is 35.5. The van der Waals surface area contributed by atoms with Crippen LogP contribution in [-0.2, 0) is 31.2 Å². The van der Waals surface area contributed by atoms with Crippen LogP contribution in [-0.4, -0.2) is 26.9 Å². The van der Waals surface area contributed by atoms with E-state index in [1.165, 1.54) is 0 Å². The molecule has 3 rings (SSSR count). The second-order valence-electron chi connectivity index (χ2n) is 5.21. The molecule has 0 bridgehead atoms. The number of rotatable bonds is 2. The van der Waals surface area contributed by atoms with Crippen LogP contribution in [0.3, 0.4) is 0 Å². The Balaban J connectivity index is 1.73. The number of carbonyl (C=O) groups excluding carboxylic acids is 1. The third-order valence-corrected chi connectivity index (χ3v) is 4.37. The molecule has 0 spiro atoms. The number of benzene rings is 1. The minimum Gasteiger partial charge on any atom is -0.336 e. The van der Waals surface area contributed by atoms with E-state index in [9.17, 15) is 4.79 Å². The van der Waals surface area contributed by atoms with Crippen molar-refractivity contribution in [1.82, 2.24) is 14.5 Å². The van der Waals surface area contributed by atoms with Crippen LogP contribution < -0.4 is 0 Å². The second kappa shape index (κ2) is 5.70. The Kier molecular flexibility index (Phi) is 3.91. The van der Waals surface area contributed by atoms with Crippen LogP contribution in [0.25, 0.3) is 0 Å². The molecule has 4 nitrogen and oxygen atoms in total. The molecule has 2 aromatic rings. The standard InChI is InChI=1S/C15H15Cl2N3O/c1-19-13-9-20(6-5-12(13)18-15(19)17)14(21)8-10-3-2-4-11(16)7-10/h2-4,7H,5-6,8-9H2,1H3. The van der Waals surface area contributed by atoms with E-state index in [0.29, 0.717) is 29.8 Å². The van der Waals surface area contributed by atoms with Gasteiger partial charge in [0.2, 0.25) is 11.2 Å². The fraction of sp³-hybridized carbons (Fsp3) is 0.333. The van der Waals surface area contributed by atoms with E-state index in [4.69, 9.17) is 23.2 Å². The molecular weight excluding hydrogens is 309 g/mol. The Labute approximate surface area is 133 Å². The molecule has 0 radical (unpaired) electrons. The molecule has 0 saturated heterocycles. The summed E-state index contributed by atoms with van der Waals surface area (Å²) in [7, 11) is 1.87. The normalized spacial score (nSPS) is 14.1. The number of hydrogen-bond donors (Lipinski definition) is 0. The summed E-state index contributed by atoms with van der Waals surface area (Å²) in [6, 6.07) is 7.41. The van der Waals surface area contributed by atoms with Gasteiger partial charge in [-0.15, -0.1) is 0 Å². The maximum absolute atomic E-state index is 12.4. The van der Waals surface area contributed by atoms with Gasteiger partial charge < -0.3 is 9.47 Å². The molecule has 110 valence electrons. The lowest BCUT2D eigenvalue weighted by atomic mass is 10.1. The second-order valence-corrected chi connectivity index (χ2v) is 5.98. The van der Waals surface area contributed by atoms with Gasteiger partial charge in [-0.1, -0.05) is 23.7 Å². The summed E-state index contributed by atoms with van der Waals surface area (Å²) in [4.78, 5) is 18.6. The monoisotopic (exact) mass is 323 g/mol. The van der Waals surface area contributed by atoms with Gasteiger partial charge in [0.25, 0.3) is 0 Å². The van der Waals surface area contributed by atoms with E-state index in [1.54, 1.807) is 6.07 Å². The number of halogens is 2. The van der Waals surface area contributed by atoms with Gasteiger partial charge >= 0.3 is 0 Å². The molecule has 2 heterocycles. The number of aromatic nitrogens is 2. The third kappa shape index (κ3) is 2.92. The first-order valence-corrected chi connectivity index (χ1v) is 7.52. The molecule has 21 heavy (non-hydrogen) atoms. The molecule has 0 N–H and O–H groups in total. The van der Waals surface area contributed by atoms with Gasteiger partial charge in [-0.05, 0) is 29.3 Å². The number of carbonyl (C=O) groups is 1. The topological polar surface area (TPSA) is 38.1 Å². The predicted molar refractivity (Wildman–Crippen MR) is 82.5 cm³/mol. The summed E-state index contributed by atoms with van der Waals surface area (Å²) in [6.07, 6.45) is 1.11. The molecule has 1 aromatic heterocycles. The lowest BCUT2D eigenvalue weighted by Crippen LogP contribution is -2.37. The van der Waals surface area contributed by atoms with Gasteiger partial charge in [0.15, 0.2) is 0 Å². The molecule has 1 aliphatic heterocycles. The van der Waals surface area contributed by atoms with Gasteiger partial charge in [-0.2, -0.15) is 0 Å². The van der Waals surface area contributed by atoms with Crippen molar-refractivity contribution >= 4 is 29.1 Å². The highest BCUT2D eigenvalue weighted by Gasteiger charge is 2.25. The van der Waals surface area contributed by atoms with E-state index in [1.807, 2.05) is 34.7 Å². The summed E-state index contributed by atoms with van der Waals surface area (Å²) in [5, 5.41) is 1.13. The number of imidazole rings is 1. The molecule has 0 fully saturated rings. The first kappa shape index (κ1) is 14.4. The predicted octanol–water partition coefficient (Wildman–Crippen LogP) is 2.85. The highest BCUT2D eigenvalue weighted by molar-refractivity contribution is 6.30. The minimum absolute atomic E-state index is 0.0974. The van der Waals surface area contributed by atoms with Crippen LogP contribution in [0.2, 0.25) is 10.3 Å². The molecule has 1 amide bonds. The fourth-order valence-corrected chi connectivity index (χ4v) is 3.02. The van der Waals surface area contributed by atoms with Crippen molar-refractivity contribution < 1.29 is 4.79 Å². The largest absolute Gasteiger partial charge is 0.336 e. The van der Waals surface area contributed by atoms with E-state index < -0.39 is 0 Å². The Hall–Kier alpha value is -1.52.